The zero-order valence-corrected chi connectivity index (χ0v) is 32.2. The quantitative estimate of drug-likeness (QED) is 0.199. The molecule has 0 bridgehead atoms. The number of alkyl carbamates (subject to hydrolysis) is 2. The second-order valence-corrected chi connectivity index (χ2v) is 15.5. The third kappa shape index (κ3) is 19.2. The van der Waals surface area contributed by atoms with Gasteiger partial charge in [0, 0.05) is 35.8 Å². The van der Waals surface area contributed by atoms with Gasteiger partial charge in [-0.1, -0.05) is 60.7 Å². The Morgan fingerprint density at radius 1 is 0.686 bits per heavy atom. The number of likely N-dealkylation sites (tertiary alicyclic amines) is 1. The van der Waals surface area contributed by atoms with Crippen molar-refractivity contribution in [1.29, 1.82) is 0 Å². The third-order valence-electron chi connectivity index (χ3n) is 7.84. The summed E-state index contributed by atoms with van der Waals surface area (Å²) in [7, 11) is 0. The van der Waals surface area contributed by atoms with Crippen molar-refractivity contribution < 1.29 is 38.1 Å². The predicted octanol–water partition coefficient (Wildman–Crippen LogP) is 7.92. The van der Waals surface area contributed by atoms with Crippen LogP contribution in [0.4, 0.5) is 19.2 Å². The Bertz CT molecular complexity index is 1370. The first-order valence-corrected chi connectivity index (χ1v) is 17.7. The number of ether oxygens (including phenoxy) is 4. The molecular formula is C38H57ClN4O8. The van der Waals surface area contributed by atoms with Crippen LogP contribution in [0.5, 0.6) is 0 Å². The number of hydrogen-bond donors (Lipinski definition) is 3. The van der Waals surface area contributed by atoms with Crippen molar-refractivity contribution in [2.75, 3.05) is 26.2 Å². The van der Waals surface area contributed by atoms with Crippen molar-refractivity contribution in [1.82, 2.24) is 20.9 Å². The molecule has 51 heavy (non-hydrogen) atoms. The number of piperidine rings is 2. The zero-order chi connectivity index (χ0) is 38.1. The molecule has 0 aliphatic carbocycles. The average Bonchev–Trinajstić information content (AvgIpc) is 3.02. The molecule has 0 radical (unpaired) electrons. The Morgan fingerprint density at radius 3 is 1.47 bits per heavy atom. The van der Waals surface area contributed by atoms with Crippen LogP contribution < -0.4 is 16.0 Å². The van der Waals surface area contributed by atoms with Gasteiger partial charge in [-0.15, -0.1) is 0 Å². The molecule has 2 aliphatic heterocycles. The highest BCUT2D eigenvalue weighted by Gasteiger charge is 2.35. The van der Waals surface area contributed by atoms with Gasteiger partial charge in [0.05, 0.1) is 0 Å². The maximum atomic E-state index is 12.2. The van der Waals surface area contributed by atoms with E-state index in [2.05, 4.69) is 27.6 Å². The van der Waals surface area contributed by atoms with E-state index in [1.165, 1.54) is 0 Å². The van der Waals surface area contributed by atoms with E-state index in [1.54, 1.807) is 4.90 Å². The summed E-state index contributed by atoms with van der Waals surface area (Å²) in [5.41, 5.74) is -0.318. The maximum Gasteiger partial charge on any atom is 0.410 e. The summed E-state index contributed by atoms with van der Waals surface area (Å²) in [5, 5.41) is 9.15. The highest BCUT2D eigenvalue weighted by molar-refractivity contribution is 6.61. The zero-order valence-electron chi connectivity index (χ0n) is 31.4. The molecule has 0 saturated carbocycles. The summed E-state index contributed by atoms with van der Waals surface area (Å²) in [6.45, 7) is 18.7. The molecule has 284 valence electrons. The minimum absolute atomic E-state index is 0.117. The van der Waals surface area contributed by atoms with Gasteiger partial charge in [-0.25, -0.2) is 19.2 Å². The van der Waals surface area contributed by atoms with Crippen LogP contribution >= 0.6 is 11.6 Å². The Balaban J connectivity index is 0.000000293. The normalized spacial score (nSPS) is 16.4. The van der Waals surface area contributed by atoms with Gasteiger partial charge in [0.25, 0.3) is 0 Å². The molecule has 0 aromatic heterocycles. The van der Waals surface area contributed by atoms with Crippen molar-refractivity contribution in [2.24, 2.45) is 0 Å². The van der Waals surface area contributed by atoms with Gasteiger partial charge in [-0.3, -0.25) is 0 Å². The van der Waals surface area contributed by atoms with E-state index in [1.807, 2.05) is 109 Å². The summed E-state index contributed by atoms with van der Waals surface area (Å²) in [5.74, 6) is 0. The van der Waals surface area contributed by atoms with Gasteiger partial charge in [0.15, 0.2) is 0 Å². The molecule has 2 fully saturated rings. The van der Waals surface area contributed by atoms with Crippen LogP contribution in [-0.4, -0.2) is 77.1 Å². The van der Waals surface area contributed by atoms with Crippen LogP contribution in [0.3, 0.4) is 0 Å². The fraction of sp³-hybridized carbons (Fsp3) is 0.579. The van der Waals surface area contributed by atoms with E-state index in [0.717, 1.165) is 37.1 Å². The molecule has 0 unspecified atom stereocenters. The Hall–Kier alpha value is -4.03. The number of carbonyl (C=O) groups is 4. The second kappa shape index (κ2) is 20.1. The first-order chi connectivity index (χ1) is 23.8. The highest BCUT2D eigenvalue weighted by Crippen LogP contribution is 2.23. The van der Waals surface area contributed by atoms with Crippen LogP contribution in [-0.2, 0) is 32.2 Å². The monoisotopic (exact) mass is 732 g/mol. The standard InChI is InChI=1S/C19H28N2O4.C11H22N2O2.C8H7ClO2/c1-18(2,3)25-16(22)20-19(4)10-12-21(13-11-19)17(23)24-14-15-8-6-5-7-9-15;1-10(2,3)15-9(14)13-11(4)5-7-12-8-6-11;9-8(10)11-6-7-4-2-1-3-5-7/h5-9H,10-14H2,1-4H3,(H,20,22);12H,5-8H2,1-4H3,(H,13,14);1-5H,6H2. The van der Waals surface area contributed by atoms with E-state index in [9.17, 15) is 19.2 Å². The van der Waals surface area contributed by atoms with Crippen LogP contribution in [0.25, 0.3) is 0 Å². The van der Waals surface area contributed by atoms with Gasteiger partial charge < -0.3 is 39.8 Å². The highest BCUT2D eigenvalue weighted by atomic mass is 35.5. The SMILES string of the molecule is CC1(NC(=O)OC(C)(C)C)CCN(C(=O)OCc2ccccc2)CC1.CC1(NC(=O)OC(C)(C)C)CCNCC1.O=C(Cl)OCc1ccccc1. The van der Waals surface area contributed by atoms with Crippen molar-refractivity contribution in [3.05, 3.63) is 71.8 Å². The summed E-state index contributed by atoms with van der Waals surface area (Å²) in [6, 6.07) is 19.0. The summed E-state index contributed by atoms with van der Waals surface area (Å²) < 4.78 is 20.5. The number of nitrogens with zero attached hydrogens (tertiary/aromatic N) is 1. The van der Waals surface area contributed by atoms with Crippen LogP contribution in [0.1, 0.15) is 92.2 Å². The largest absolute Gasteiger partial charge is 0.449 e. The summed E-state index contributed by atoms with van der Waals surface area (Å²) in [4.78, 5) is 47.6. The second-order valence-electron chi connectivity index (χ2n) is 15.2. The molecule has 2 saturated heterocycles. The minimum atomic E-state index is -0.770. The lowest BCUT2D eigenvalue weighted by atomic mass is 9.90. The number of halogens is 1. The third-order valence-corrected chi connectivity index (χ3v) is 7.95. The van der Waals surface area contributed by atoms with Gasteiger partial charge in [0.1, 0.15) is 24.4 Å². The molecule has 3 N–H and O–H groups in total. The smallest absolute Gasteiger partial charge is 0.410 e. The van der Waals surface area contributed by atoms with Crippen molar-refractivity contribution >= 4 is 35.3 Å². The fourth-order valence-electron chi connectivity index (χ4n) is 5.04. The molecule has 12 nitrogen and oxygen atoms in total. The lowest BCUT2D eigenvalue weighted by molar-refractivity contribution is 0.0385. The molecule has 4 rings (SSSR count). The van der Waals surface area contributed by atoms with Crippen molar-refractivity contribution in [3.8, 4) is 0 Å². The number of rotatable bonds is 6. The number of hydrogen-bond acceptors (Lipinski definition) is 9. The Morgan fingerprint density at radius 2 is 1.08 bits per heavy atom. The minimum Gasteiger partial charge on any atom is -0.449 e. The predicted molar refractivity (Wildman–Crippen MR) is 198 cm³/mol. The van der Waals surface area contributed by atoms with E-state index in [4.69, 9.17) is 25.8 Å². The van der Waals surface area contributed by atoms with E-state index >= 15 is 0 Å². The molecule has 13 heteroatoms. The van der Waals surface area contributed by atoms with Gasteiger partial charge in [-0.05, 0) is 105 Å². The fourth-order valence-corrected chi connectivity index (χ4v) is 5.09. The van der Waals surface area contributed by atoms with Crippen molar-refractivity contribution in [3.63, 3.8) is 0 Å². The van der Waals surface area contributed by atoms with Crippen LogP contribution in [0.15, 0.2) is 60.7 Å². The molecule has 0 atom stereocenters. The molecule has 3 amide bonds. The molecule has 0 spiro atoms. The maximum absolute atomic E-state index is 12.2. The molecular weight excluding hydrogens is 676 g/mol. The number of nitrogens with one attached hydrogen (secondary N) is 3. The molecule has 2 aromatic rings. The van der Waals surface area contributed by atoms with E-state index in [0.29, 0.717) is 25.9 Å². The van der Waals surface area contributed by atoms with E-state index in [-0.39, 0.29) is 36.5 Å². The molecule has 2 heterocycles. The summed E-state index contributed by atoms with van der Waals surface area (Å²) in [6.07, 6.45) is 2.17. The van der Waals surface area contributed by atoms with E-state index < -0.39 is 22.7 Å². The van der Waals surface area contributed by atoms with Gasteiger partial charge in [-0.2, -0.15) is 0 Å². The van der Waals surface area contributed by atoms with Crippen LogP contribution in [0, 0.1) is 0 Å². The van der Waals surface area contributed by atoms with Crippen LogP contribution in [0.2, 0.25) is 0 Å². The molecule has 2 aromatic carbocycles. The van der Waals surface area contributed by atoms with Gasteiger partial charge in [0.2, 0.25) is 0 Å². The first-order valence-electron chi connectivity index (χ1n) is 17.3. The lowest BCUT2D eigenvalue weighted by Crippen LogP contribution is -2.55. The average molecular weight is 733 g/mol. The van der Waals surface area contributed by atoms with Gasteiger partial charge >= 0.3 is 23.7 Å². The Labute approximate surface area is 308 Å². The summed E-state index contributed by atoms with van der Waals surface area (Å²) >= 11 is 4.97. The topological polar surface area (TPSA) is 145 Å². The van der Waals surface area contributed by atoms with Crippen molar-refractivity contribution in [2.45, 2.75) is 117 Å². The first kappa shape index (κ1) is 43.1. The number of carbonyl (C=O) groups excluding carboxylic acids is 4. The lowest BCUT2D eigenvalue weighted by Gasteiger charge is -2.39. The number of benzene rings is 2. The Kier molecular flexibility index (Phi) is 17.0. The number of amides is 3. The molecule has 2 aliphatic rings.